The molecule has 1 aliphatic carbocycles. The molecule has 0 saturated heterocycles. The molecule has 0 spiro atoms. The number of carbonyl (C=O) groups excluding carboxylic acids is 2. The van der Waals surface area contributed by atoms with Gasteiger partial charge in [0.05, 0.1) is 0 Å². The molecular formula is C17H19F3O3. The smallest absolute Gasteiger partial charge is 0.402 e. The minimum Gasteiger partial charge on any atom is -0.460 e. The van der Waals surface area contributed by atoms with Crippen molar-refractivity contribution in [3.63, 3.8) is 0 Å². The third kappa shape index (κ3) is 5.08. The van der Waals surface area contributed by atoms with E-state index in [0.29, 0.717) is 24.8 Å². The first kappa shape index (κ1) is 17.5. The van der Waals surface area contributed by atoms with Gasteiger partial charge in [-0.1, -0.05) is 36.8 Å². The van der Waals surface area contributed by atoms with Crippen LogP contribution in [0.2, 0.25) is 0 Å². The van der Waals surface area contributed by atoms with Gasteiger partial charge in [-0.15, -0.1) is 0 Å². The summed E-state index contributed by atoms with van der Waals surface area (Å²) in [5.74, 6) is -4.42. The molecule has 0 radical (unpaired) electrons. The highest BCUT2D eigenvalue weighted by atomic mass is 19.4. The Morgan fingerprint density at radius 1 is 1.22 bits per heavy atom. The lowest BCUT2D eigenvalue weighted by Crippen LogP contribution is -2.36. The number of alkyl halides is 3. The van der Waals surface area contributed by atoms with Crippen LogP contribution in [0, 0.1) is 11.8 Å². The van der Waals surface area contributed by atoms with Crippen molar-refractivity contribution in [3.8, 4) is 0 Å². The largest absolute Gasteiger partial charge is 0.460 e. The normalized spacial score (nSPS) is 20.1. The molecule has 3 nitrogen and oxygen atoms in total. The first-order chi connectivity index (χ1) is 10.9. The standard InChI is InChI=1S/C17H19F3O3/c18-17(19,20)14(10-13-8-4-5-9-15(13)21)16(22)23-11-12-6-2-1-3-7-12/h1-3,6-7,13-14H,4-5,8-11H2. The summed E-state index contributed by atoms with van der Waals surface area (Å²) in [7, 11) is 0. The fourth-order valence-electron chi connectivity index (χ4n) is 2.78. The number of benzene rings is 1. The third-order valence-electron chi connectivity index (χ3n) is 4.10. The van der Waals surface area contributed by atoms with Crippen molar-refractivity contribution < 1.29 is 27.5 Å². The minimum atomic E-state index is -4.70. The number of carbonyl (C=O) groups is 2. The molecule has 1 aromatic carbocycles. The topological polar surface area (TPSA) is 43.4 Å². The molecule has 2 atom stereocenters. The average Bonchev–Trinajstić information content (AvgIpc) is 2.51. The van der Waals surface area contributed by atoms with Crippen LogP contribution in [0.1, 0.15) is 37.7 Å². The van der Waals surface area contributed by atoms with Gasteiger partial charge in [-0.25, -0.2) is 0 Å². The van der Waals surface area contributed by atoms with Crippen molar-refractivity contribution >= 4 is 11.8 Å². The number of hydrogen-bond donors (Lipinski definition) is 0. The number of hydrogen-bond acceptors (Lipinski definition) is 3. The highest BCUT2D eigenvalue weighted by Gasteiger charge is 2.47. The van der Waals surface area contributed by atoms with E-state index in [1.165, 1.54) is 0 Å². The molecule has 0 heterocycles. The maximum Gasteiger partial charge on any atom is 0.402 e. The summed E-state index contributed by atoms with van der Waals surface area (Å²) >= 11 is 0. The first-order valence-electron chi connectivity index (χ1n) is 7.68. The van der Waals surface area contributed by atoms with Crippen molar-refractivity contribution in [2.24, 2.45) is 11.8 Å². The van der Waals surface area contributed by atoms with Crippen LogP contribution in [0.5, 0.6) is 0 Å². The van der Waals surface area contributed by atoms with Gasteiger partial charge in [0.25, 0.3) is 0 Å². The molecule has 126 valence electrons. The van der Waals surface area contributed by atoms with Crippen LogP contribution >= 0.6 is 0 Å². The van der Waals surface area contributed by atoms with Crippen LogP contribution in [0.15, 0.2) is 30.3 Å². The molecule has 0 N–H and O–H groups in total. The second-order valence-electron chi connectivity index (χ2n) is 5.83. The van der Waals surface area contributed by atoms with Gasteiger partial charge in [0, 0.05) is 12.3 Å². The summed E-state index contributed by atoms with van der Waals surface area (Å²) in [5.41, 5.74) is 0.621. The van der Waals surface area contributed by atoms with Crippen molar-refractivity contribution in [1.29, 1.82) is 0 Å². The number of ketones is 1. The number of Topliss-reactive ketones (excluding diaryl/α,β-unsaturated/α-hetero) is 1. The molecule has 2 rings (SSSR count). The van der Waals surface area contributed by atoms with Gasteiger partial charge >= 0.3 is 12.1 Å². The maximum atomic E-state index is 13.2. The van der Waals surface area contributed by atoms with Crippen molar-refractivity contribution in [1.82, 2.24) is 0 Å². The van der Waals surface area contributed by atoms with Gasteiger partial charge in [0.15, 0.2) is 5.92 Å². The number of esters is 1. The predicted molar refractivity (Wildman–Crippen MR) is 77.4 cm³/mol. The van der Waals surface area contributed by atoms with Crippen molar-refractivity contribution in [2.45, 2.75) is 44.9 Å². The average molecular weight is 328 g/mol. The molecule has 0 aromatic heterocycles. The zero-order valence-corrected chi connectivity index (χ0v) is 12.6. The van der Waals surface area contributed by atoms with Crippen LogP contribution < -0.4 is 0 Å². The third-order valence-corrected chi connectivity index (χ3v) is 4.10. The van der Waals surface area contributed by atoms with Gasteiger partial charge in [0.2, 0.25) is 0 Å². The first-order valence-corrected chi connectivity index (χ1v) is 7.68. The molecule has 0 amide bonds. The van der Waals surface area contributed by atoms with E-state index in [0.717, 1.165) is 6.42 Å². The number of halogens is 3. The Labute approximate surface area is 132 Å². The molecule has 2 unspecified atom stereocenters. The summed E-state index contributed by atoms with van der Waals surface area (Å²) in [6.45, 7) is -0.204. The van der Waals surface area contributed by atoms with E-state index < -0.39 is 30.4 Å². The zero-order valence-electron chi connectivity index (χ0n) is 12.6. The summed E-state index contributed by atoms with van der Waals surface area (Å²) in [6, 6.07) is 8.52. The van der Waals surface area contributed by atoms with Gasteiger partial charge in [-0.3, -0.25) is 9.59 Å². The number of rotatable bonds is 5. The zero-order chi connectivity index (χ0) is 16.9. The Hall–Kier alpha value is -1.85. The second-order valence-corrected chi connectivity index (χ2v) is 5.83. The lowest BCUT2D eigenvalue weighted by atomic mass is 9.81. The number of ether oxygens (including phenoxy) is 1. The molecule has 23 heavy (non-hydrogen) atoms. The van der Waals surface area contributed by atoms with E-state index in [1.807, 2.05) is 0 Å². The fourth-order valence-corrected chi connectivity index (χ4v) is 2.78. The highest BCUT2D eigenvalue weighted by molar-refractivity contribution is 5.82. The highest BCUT2D eigenvalue weighted by Crippen LogP contribution is 2.36. The van der Waals surface area contributed by atoms with E-state index >= 15 is 0 Å². The summed E-state index contributed by atoms with van der Waals surface area (Å²) in [4.78, 5) is 23.6. The Kier molecular flexibility index (Phi) is 5.80. The van der Waals surface area contributed by atoms with Gasteiger partial charge in [-0.2, -0.15) is 13.2 Å². The summed E-state index contributed by atoms with van der Waals surface area (Å²) in [5, 5.41) is 0. The molecule has 0 aliphatic heterocycles. The van der Waals surface area contributed by atoms with E-state index in [9.17, 15) is 22.8 Å². The molecule has 1 aliphatic rings. The van der Waals surface area contributed by atoms with Crippen LogP contribution in [0.4, 0.5) is 13.2 Å². The Bertz CT molecular complexity index is 540. The molecular weight excluding hydrogens is 309 g/mol. The van der Waals surface area contributed by atoms with Crippen LogP contribution in [-0.4, -0.2) is 17.9 Å². The second kappa shape index (κ2) is 7.62. The van der Waals surface area contributed by atoms with E-state index in [4.69, 9.17) is 4.74 Å². The molecule has 0 bridgehead atoms. The summed E-state index contributed by atoms with van der Waals surface area (Å²) < 4.78 is 44.3. The van der Waals surface area contributed by atoms with Crippen molar-refractivity contribution in [2.75, 3.05) is 0 Å². The monoisotopic (exact) mass is 328 g/mol. The van der Waals surface area contributed by atoms with Gasteiger partial charge in [0.1, 0.15) is 12.4 Å². The van der Waals surface area contributed by atoms with E-state index in [2.05, 4.69) is 0 Å². The Morgan fingerprint density at radius 3 is 2.52 bits per heavy atom. The fraction of sp³-hybridized carbons (Fsp3) is 0.529. The van der Waals surface area contributed by atoms with Crippen LogP contribution in [-0.2, 0) is 20.9 Å². The molecule has 6 heteroatoms. The molecule has 1 fully saturated rings. The van der Waals surface area contributed by atoms with E-state index in [1.54, 1.807) is 30.3 Å². The predicted octanol–water partition coefficient (Wildman–Crippen LogP) is 4.06. The lowest BCUT2D eigenvalue weighted by molar-refractivity contribution is -0.201. The maximum absolute atomic E-state index is 13.2. The molecule has 1 saturated carbocycles. The lowest BCUT2D eigenvalue weighted by Gasteiger charge is -2.26. The van der Waals surface area contributed by atoms with Crippen molar-refractivity contribution in [3.05, 3.63) is 35.9 Å². The van der Waals surface area contributed by atoms with Gasteiger partial charge in [-0.05, 0) is 24.8 Å². The van der Waals surface area contributed by atoms with Crippen LogP contribution in [0.3, 0.4) is 0 Å². The quantitative estimate of drug-likeness (QED) is 0.766. The molecule has 1 aromatic rings. The van der Waals surface area contributed by atoms with E-state index in [-0.39, 0.29) is 12.4 Å². The van der Waals surface area contributed by atoms with Crippen LogP contribution in [0.25, 0.3) is 0 Å². The van der Waals surface area contributed by atoms with Gasteiger partial charge < -0.3 is 4.74 Å². The Morgan fingerprint density at radius 2 is 1.91 bits per heavy atom. The SMILES string of the molecule is O=C1CCCCC1CC(C(=O)OCc1ccccc1)C(F)(F)F. The minimum absolute atomic E-state index is 0.179. The Balaban J connectivity index is 1.99. The summed E-state index contributed by atoms with van der Waals surface area (Å²) in [6.07, 6.45) is -3.06.